The normalized spacial score (nSPS) is 9.79. The molecule has 0 amide bonds. The number of non-ortho nitro benzene ring substituents is 1. The maximum absolute atomic E-state index is 10.4. The van der Waals surface area contributed by atoms with Crippen molar-refractivity contribution in [3.8, 4) is 5.75 Å². The molecule has 1 aromatic carbocycles. The first-order chi connectivity index (χ1) is 6.56. The number of nitrogens with zero attached hydrogens (tertiary/aromatic N) is 1. The van der Waals surface area contributed by atoms with Crippen LogP contribution in [-0.4, -0.2) is 16.6 Å². The molecule has 0 saturated carbocycles. The Labute approximate surface area is 80.6 Å². The van der Waals surface area contributed by atoms with Crippen LogP contribution in [-0.2, 0) is 0 Å². The molecule has 0 aliphatic heterocycles. The van der Waals surface area contributed by atoms with Crippen LogP contribution in [0.4, 0.5) is 5.69 Å². The lowest BCUT2D eigenvalue weighted by Gasteiger charge is -2.04. The molecule has 0 bridgehead atoms. The lowest BCUT2D eigenvalue weighted by atomic mass is 10.1. The fraction of sp³-hybridized carbons (Fsp3) is 0.111. The second-order valence-corrected chi connectivity index (χ2v) is 2.77. The number of hydrogen-bond donors (Lipinski definition) is 2. The predicted molar refractivity (Wildman–Crippen MR) is 52.8 cm³/mol. The molecule has 0 heterocycles. The number of rotatable bonds is 3. The van der Waals surface area contributed by atoms with E-state index in [-0.39, 0.29) is 18.0 Å². The smallest absolute Gasteiger partial charge is 0.270 e. The van der Waals surface area contributed by atoms with Gasteiger partial charge in [0, 0.05) is 24.2 Å². The number of phenols is 1. The van der Waals surface area contributed by atoms with Gasteiger partial charge < -0.3 is 10.8 Å². The number of nitro groups is 1. The second kappa shape index (κ2) is 3.89. The first-order valence-electron chi connectivity index (χ1n) is 3.92. The third-order valence-corrected chi connectivity index (χ3v) is 1.82. The third kappa shape index (κ3) is 1.89. The van der Waals surface area contributed by atoms with Gasteiger partial charge in [-0.05, 0) is 11.6 Å². The Bertz CT molecular complexity index is 388. The van der Waals surface area contributed by atoms with Gasteiger partial charge in [-0.3, -0.25) is 10.1 Å². The van der Waals surface area contributed by atoms with E-state index < -0.39 is 4.92 Å². The Kier molecular flexibility index (Phi) is 2.83. The van der Waals surface area contributed by atoms with E-state index in [9.17, 15) is 15.2 Å². The van der Waals surface area contributed by atoms with Crippen LogP contribution in [0.15, 0.2) is 24.8 Å². The average Bonchev–Trinajstić information content (AvgIpc) is 2.17. The zero-order valence-corrected chi connectivity index (χ0v) is 7.43. The van der Waals surface area contributed by atoms with Gasteiger partial charge >= 0.3 is 0 Å². The van der Waals surface area contributed by atoms with Crippen LogP contribution in [0, 0.1) is 10.1 Å². The van der Waals surface area contributed by atoms with Crippen LogP contribution in [0.25, 0.3) is 5.57 Å². The molecule has 5 nitrogen and oxygen atoms in total. The summed E-state index contributed by atoms with van der Waals surface area (Å²) < 4.78 is 0. The molecule has 1 aromatic rings. The molecule has 0 aliphatic carbocycles. The van der Waals surface area contributed by atoms with Crippen LogP contribution in [0.1, 0.15) is 5.56 Å². The molecule has 5 heteroatoms. The largest absolute Gasteiger partial charge is 0.507 e. The van der Waals surface area contributed by atoms with E-state index in [1.807, 2.05) is 0 Å². The van der Waals surface area contributed by atoms with Crippen molar-refractivity contribution < 1.29 is 10.0 Å². The van der Waals surface area contributed by atoms with Crippen molar-refractivity contribution in [2.45, 2.75) is 0 Å². The SMILES string of the molecule is C=C(CN)c1cc([N+](=O)[O-])ccc1O. The summed E-state index contributed by atoms with van der Waals surface area (Å²) in [6.45, 7) is 3.74. The molecule has 0 fully saturated rings. The molecule has 3 N–H and O–H groups in total. The topological polar surface area (TPSA) is 89.4 Å². The summed E-state index contributed by atoms with van der Waals surface area (Å²) in [5.74, 6) is -0.0500. The van der Waals surface area contributed by atoms with E-state index in [0.717, 1.165) is 0 Å². The van der Waals surface area contributed by atoms with Crippen LogP contribution in [0.5, 0.6) is 5.75 Å². The standard InChI is InChI=1S/C9H10N2O3/c1-6(5-10)8-4-7(11(13)14)2-3-9(8)12/h2-4,12H,1,5,10H2. The molecule has 0 aromatic heterocycles. The van der Waals surface area contributed by atoms with Gasteiger partial charge in [0.05, 0.1) is 4.92 Å². The van der Waals surface area contributed by atoms with Gasteiger partial charge in [0.2, 0.25) is 0 Å². The highest BCUT2D eigenvalue weighted by Gasteiger charge is 2.11. The van der Waals surface area contributed by atoms with Gasteiger partial charge in [-0.1, -0.05) is 6.58 Å². The lowest BCUT2D eigenvalue weighted by Crippen LogP contribution is -2.01. The number of phenolic OH excluding ortho intramolecular Hbond substituents is 1. The molecule has 0 unspecified atom stereocenters. The minimum atomic E-state index is -0.535. The number of aromatic hydroxyl groups is 1. The minimum Gasteiger partial charge on any atom is -0.507 e. The monoisotopic (exact) mass is 194 g/mol. The number of nitrogens with two attached hydrogens (primary N) is 1. The zero-order chi connectivity index (χ0) is 10.7. The first kappa shape index (κ1) is 10.2. The van der Waals surface area contributed by atoms with E-state index in [1.54, 1.807) is 0 Å². The summed E-state index contributed by atoms with van der Waals surface area (Å²) >= 11 is 0. The number of benzene rings is 1. The lowest BCUT2D eigenvalue weighted by molar-refractivity contribution is -0.384. The fourth-order valence-electron chi connectivity index (χ4n) is 1.03. The van der Waals surface area contributed by atoms with E-state index in [2.05, 4.69) is 6.58 Å². The quantitative estimate of drug-likeness (QED) is 0.560. The first-order valence-corrected chi connectivity index (χ1v) is 3.92. The van der Waals surface area contributed by atoms with Crippen molar-refractivity contribution in [1.82, 2.24) is 0 Å². The van der Waals surface area contributed by atoms with Gasteiger partial charge in [-0.25, -0.2) is 0 Å². The third-order valence-electron chi connectivity index (χ3n) is 1.82. The average molecular weight is 194 g/mol. The Balaban J connectivity index is 3.21. The highest BCUT2D eigenvalue weighted by molar-refractivity contribution is 5.71. The maximum Gasteiger partial charge on any atom is 0.270 e. The summed E-state index contributed by atoms with van der Waals surface area (Å²) in [6, 6.07) is 3.74. The number of nitro benzene ring substituents is 1. The summed E-state index contributed by atoms with van der Waals surface area (Å²) in [4.78, 5) is 9.90. The van der Waals surface area contributed by atoms with E-state index >= 15 is 0 Å². The highest BCUT2D eigenvalue weighted by atomic mass is 16.6. The maximum atomic E-state index is 10.4. The van der Waals surface area contributed by atoms with E-state index in [0.29, 0.717) is 11.1 Å². The van der Waals surface area contributed by atoms with Crippen molar-refractivity contribution in [3.63, 3.8) is 0 Å². The molecule has 0 atom stereocenters. The Hall–Kier alpha value is -1.88. The Morgan fingerprint density at radius 1 is 1.64 bits per heavy atom. The predicted octanol–water partition coefficient (Wildman–Crippen LogP) is 1.27. The van der Waals surface area contributed by atoms with E-state index in [1.165, 1.54) is 18.2 Å². The van der Waals surface area contributed by atoms with E-state index in [4.69, 9.17) is 5.73 Å². The van der Waals surface area contributed by atoms with Crippen molar-refractivity contribution in [3.05, 3.63) is 40.5 Å². The molecule has 0 radical (unpaired) electrons. The van der Waals surface area contributed by atoms with Crippen molar-refractivity contribution in [2.24, 2.45) is 5.73 Å². The fourth-order valence-corrected chi connectivity index (χ4v) is 1.03. The molecule has 0 spiro atoms. The summed E-state index contributed by atoms with van der Waals surface area (Å²) in [5, 5.41) is 19.8. The van der Waals surface area contributed by atoms with Crippen LogP contribution in [0.3, 0.4) is 0 Å². The molecule has 74 valence electrons. The minimum absolute atomic E-state index is 0.0500. The molecule has 1 rings (SSSR count). The highest BCUT2D eigenvalue weighted by Crippen LogP contribution is 2.27. The van der Waals surface area contributed by atoms with Crippen LogP contribution < -0.4 is 5.73 Å². The van der Waals surface area contributed by atoms with Crippen LogP contribution >= 0.6 is 0 Å². The molecular weight excluding hydrogens is 184 g/mol. The van der Waals surface area contributed by atoms with Crippen molar-refractivity contribution in [2.75, 3.05) is 6.54 Å². The second-order valence-electron chi connectivity index (χ2n) is 2.77. The molecule has 0 aliphatic rings. The summed E-state index contributed by atoms with van der Waals surface area (Å²) in [7, 11) is 0. The number of hydrogen-bond acceptors (Lipinski definition) is 4. The Morgan fingerprint density at radius 2 is 2.29 bits per heavy atom. The summed E-state index contributed by atoms with van der Waals surface area (Å²) in [6.07, 6.45) is 0. The van der Waals surface area contributed by atoms with Crippen molar-refractivity contribution >= 4 is 11.3 Å². The van der Waals surface area contributed by atoms with Crippen molar-refractivity contribution in [1.29, 1.82) is 0 Å². The summed E-state index contributed by atoms with van der Waals surface area (Å²) in [5.41, 5.74) is 6.01. The molecule has 0 saturated heterocycles. The molecule has 14 heavy (non-hydrogen) atoms. The van der Waals surface area contributed by atoms with Gasteiger partial charge in [-0.2, -0.15) is 0 Å². The zero-order valence-electron chi connectivity index (χ0n) is 7.43. The van der Waals surface area contributed by atoms with Crippen LogP contribution in [0.2, 0.25) is 0 Å². The van der Waals surface area contributed by atoms with Gasteiger partial charge in [0.25, 0.3) is 5.69 Å². The van der Waals surface area contributed by atoms with Gasteiger partial charge in [-0.15, -0.1) is 0 Å². The molecular formula is C9H10N2O3. The van der Waals surface area contributed by atoms with Gasteiger partial charge in [0.15, 0.2) is 0 Å². The van der Waals surface area contributed by atoms with Gasteiger partial charge in [0.1, 0.15) is 5.75 Å². The Morgan fingerprint density at radius 3 is 2.79 bits per heavy atom.